The van der Waals surface area contributed by atoms with E-state index in [4.69, 9.17) is 5.73 Å². The lowest BCUT2D eigenvalue weighted by Gasteiger charge is -2.41. The van der Waals surface area contributed by atoms with Gasteiger partial charge in [-0.05, 0) is 79.3 Å². The number of hydrogen-bond donors (Lipinski definition) is 2. The van der Waals surface area contributed by atoms with Crippen LogP contribution in [0.5, 0.6) is 0 Å². The zero-order valence-electron chi connectivity index (χ0n) is 22.0. The van der Waals surface area contributed by atoms with Crippen LogP contribution in [0.2, 0.25) is 0 Å². The summed E-state index contributed by atoms with van der Waals surface area (Å²) in [4.78, 5) is 29.1. The van der Waals surface area contributed by atoms with Crippen molar-refractivity contribution in [2.24, 2.45) is 11.7 Å². The summed E-state index contributed by atoms with van der Waals surface area (Å²) in [6.45, 7) is 7.84. The van der Waals surface area contributed by atoms with Crippen LogP contribution in [-0.4, -0.2) is 47.6 Å². The molecule has 1 atom stereocenters. The monoisotopic (exact) mass is 491 g/mol. The molecule has 6 heteroatoms. The molecule has 1 saturated carbocycles. The van der Waals surface area contributed by atoms with Crippen LogP contribution >= 0.6 is 0 Å². The second-order valence-corrected chi connectivity index (χ2v) is 11.4. The summed E-state index contributed by atoms with van der Waals surface area (Å²) >= 11 is 0. The molecule has 6 nitrogen and oxygen atoms in total. The summed E-state index contributed by atoms with van der Waals surface area (Å²) in [5, 5.41) is 10.8. The zero-order chi connectivity index (χ0) is 25.9. The third-order valence-electron chi connectivity index (χ3n) is 8.14. The third kappa shape index (κ3) is 5.65. The second-order valence-electron chi connectivity index (χ2n) is 11.4. The number of aryl methyl sites for hydroxylation is 1. The first-order valence-corrected chi connectivity index (χ1v) is 13.4. The van der Waals surface area contributed by atoms with E-state index in [2.05, 4.69) is 26.8 Å². The van der Waals surface area contributed by atoms with E-state index in [9.17, 15) is 14.7 Å². The first-order valence-electron chi connectivity index (χ1n) is 13.4. The molecular formula is C30H41N3O3. The average molecular weight is 492 g/mol. The normalized spacial score (nSPS) is 22.1. The second kappa shape index (κ2) is 11.1. The van der Waals surface area contributed by atoms with Crippen molar-refractivity contribution in [2.75, 3.05) is 18.0 Å². The summed E-state index contributed by atoms with van der Waals surface area (Å²) in [5.41, 5.74) is 10.3. The van der Waals surface area contributed by atoms with Gasteiger partial charge in [-0.2, -0.15) is 0 Å². The number of fused-ring (bicyclic) bond motifs is 1. The van der Waals surface area contributed by atoms with E-state index in [1.165, 1.54) is 0 Å². The maximum atomic E-state index is 13.4. The van der Waals surface area contributed by atoms with Gasteiger partial charge in [-0.15, -0.1) is 0 Å². The number of nitrogens with two attached hydrogens (primary N) is 1. The highest BCUT2D eigenvalue weighted by Gasteiger charge is 2.38. The van der Waals surface area contributed by atoms with Crippen LogP contribution in [0.3, 0.4) is 0 Å². The van der Waals surface area contributed by atoms with Gasteiger partial charge in [0, 0.05) is 42.3 Å². The van der Waals surface area contributed by atoms with Gasteiger partial charge in [0.15, 0.2) is 0 Å². The number of carbonyl (C=O) groups excluding carboxylic acids is 2. The number of aliphatic hydroxyl groups excluding tert-OH is 1. The lowest BCUT2D eigenvalue weighted by molar-refractivity contribution is -0.108. The average Bonchev–Trinajstić information content (AvgIpc) is 2.87. The highest BCUT2D eigenvalue weighted by Crippen LogP contribution is 2.37. The number of rotatable bonds is 9. The van der Waals surface area contributed by atoms with Crippen LogP contribution in [0.4, 0.5) is 5.69 Å². The number of anilines is 1. The van der Waals surface area contributed by atoms with Crippen molar-refractivity contribution in [3.05, 3.63) is 64.7 Å². The lowest BCUT2D eigenvalue weighted by atomic mass is 9.77. The van der Waals surface area contributed by atoms with Crippen LogP contribution in [0.25, 0.3) is 0 Å². The molecule has 0 radical (unpaired) electrons. The van der Waals surface area contributed by atoms with Gasteiger partial charge in [-0.25, -0.2) is 0 Å². The Morgan fingerprint density at radius 1 is 1.14 bits per heavy atom. The van der Waals surface area contributed by atoms with Crippen molar-refractivity contribution in [2.45, 2.75) is 83.4 Å². The van der Waals surface area contributed by atoms with Gasteiger partial charge in [0.05, 0.1) is 6.10 Å². The largest absolute Gasteiger partial charge is 0.391 e. The summed E-state index contributed by atoms with van der Waals surface area (Å²) in [6, 6.07) is 14.1. The summed E-state index contributed by atoms with van der Waals surface area (Å²) < 4.78 is 0. The van der Waals surface area contributed by atoms with Crippen molar-refractivity contribution in [1.82, 2.24) is 4.90 Å². The molecule has 1 fully saturated rings. The van der Waals surface area contributed by atoms with Gasteiger partial charge in [0.2, 0.25) is 6.41 Å². The Kier molecular flexibility index (Phi) is 8.16. The van der Waals surface area contributed by atoms with E-state index in [1.807, 2.05) is 41.3 Å². The predicted octanol–water partition coefficient (Wildman–Crippen LogP) is 4.41. The van der Waals surface area contributed by atoms with Crippen LogP contribution in [0.1, 0.15) is 79.9 Å². The number of benzene rings is 2. The molecule has 4 rings (SSSR count). The molecule has 3 N–H and O–H groups in total. The first-order chi connectivity index (χ1) is 17.2. The summed E-state index contributed by atoms with van der Waals surface area (Å²) in [5.74, 6) is 0.660. The Morgan fingerprint density at radius 2 is 1.83 bits per heavy atom. The molecule has 1 unspecified atom stereocenters. The molecule has 0 bridgehead atoms. The van der Waals surface area contributed by atoms with E-state index in [1.54, 1.807) is 4.90 Å². The Labute approximate surface area is 215 Å². The number of nitrogens with zero attached hydrogens (tertiary/aromatic N) is 2. The van der Waals surface area contributed by atoms with Crippen LogP contribution in [0.15, 0.2) is 42.5 Å². The summed E-state index contributed by atoms with van der Waals surface area (Å²) in [7, 11) is 0. The molecule has 1 heterocycles. The molecule has 1 aliphatic carbocycles. The van der Waals surface area contributed by atoms with Gasteiger partial charge in [-0.3, -0.25) is 9.59 Å². The predicted molar refractivity (Wildman–Crippen MR) is 144 cm³/mol. The van der Waals surface area contributed by atoms with Gasteiger partial charge < -0.3 is 20.6 Å². The molecule has 194 valence electrons. The molecule has 0 spiro atoms. The smallest absolute Gasteiger partial charge is 0.254 e. The minimum atomic E-state index is -0.615. The Morgan fingerprint density at radius 3 is 2.50 bits per heavy atom. The molecule has 2 amide bonds. The van der Waals surface area contributed by atoms with Crippen LogP contribution in [0, 0.1) is 5.92 Å². The highest BCUT2D eigenvalue weighted by atomic mass is 16.3. The first kappa shape index (κ1) is 26.4. The number of hydrogen-bond acceptors (Lipinski definition) is 4. The van der Waals surface area contributed by atoms with E-state index in [0.717, 1.165) is 60.9 Å². The van der Waals surface area contributed by atoms with Crippen LogP contribution < -0.4 is 10.6 Å². The lowest BCUT2D eigenvalue weighted by Crippen LogP contribution is -2.49. The molecule has 2 aromatic rings. The molecule has 0 saturated heterocycles. The number of carbonyl (C=O) groups is 2. The Balaban J connectivity index is 1.47. The fraction of sp³-hybridized carbons (Fsp3) is 0.533. The van der Waals surface area contributed by atoms with E-state index in [0.29, 0.717) is 37.5 Å². The van der Waals surface area contributed by atoms with Gasteiger partial charge in [0.25, 0.3) is 5.91 Å². The van der Waals surface area contributed by atoms with E-state index in [-0.39, 0.29) is 17.4 Å². The number of amides is 2. The fourth-order valence-electron chi connectivity index (χ4n) is 5.94. The Bertz CT molecular complexity index is 1070. The number of aliphatic hydroxyl groups is 1. The maximum Gasteiger partial charge on any atom is 0.254 e. The quantitative estimate of drug-likeness (QED) is 0.509. The topological polar surface area (TPSA) is 86.9 Å². The highest BCUT2D eigenvalue weighted by molar-refractivity contribution is 5.98. The third-order valence-corrected chi connectivity index (χ3v) is 8.14. The number of β-amino-alcohol motifs (C(OH)–C–C–N with tert-alkyl or cyclic N) is 1. The van der Waals surface area contributed by atoms with Crippen molar-refractivity contribution in [3.8, 4) is 0 Å². The molecule has 2 aliphatic rings. The van der Waals surface area contributed by atoms with Crippen molar-refractivity contribution in [1.29, 1.82) is 0 Å². The maximum absolute atomic E-state index is 13.4. The SMILES string of the molecule is CC1CCC(N(C=O)c2ccc3c(c2)C(C)(C)CN(CC(O)CCc2ccccc2CN)C3=O)CC1. The van der Waals surface area contributed by atoms with E-state index >= 15 is 0 Å². The van der Waals surface area contributed by atoms with Crippen molar-refractivity contribution < 1.29 is 14.7 Å². The Hall–Kier alpha value is -2.70. The zero-order valence-corrected chi connectivity index (χ0v) is 22.0. The van der Waals surface area contributed by atoms with Crippen LogP contribution in [-0.2, 0) is 23.2 Å². The van der Waals surface area contributed by atoms with Gasteiger partial charge in [0.1, 0.15) is 0 Å². The van der Waals surface area contributed by atoms with E-state index < -0.39 is 6.10 Å². The molecule has 0 aromatic heterocycles. The molecule has 1 aliphatic heterocycles. The minimum Gasteiger partial charge on any atom is -0.391 e. The van der Waals surface area contributed by atoms with Gasteiger partial charge in [-0.1, -0.05) is 45.0 Å². The standard InChI is InChI=1S/C30H41N3O3/c1-21-8-11-24(12-9-21)33(20-34)25-13-15-27-28(16-25)30(2,3)19-32(29(27)36)18-26(35)14-10-22-6-4-5-7-23(22)17-31/h4-7,13,15-16,20-21,24,26,35H,8-12,14,17-19,31H2,1-3H3. The van der Waals surface area contributed by atoms with Gasteiger partial charge >= 0.3 is 0 Å². The van der Waals surface area contributed by atoms with Crippen molar-refractivity contribution in [3.63, 3.8) is 0 Å². The summed E-state index contributed by atoms with van der Waals surface area (Å²) in [6.07, 6.45) is 5.93. The van der Waals surface area contributed by atoms with Crippen molar-refractivity contribution >= 4 is 18.0 Å². The molecule has 36 heavy (non-hydrogen) atoms. The molecular weight excluding hydrogens is 450 g/mol. The minimum absolute atomic E-state index is 0.0542. The molecule has 2 aromatic carbocycles. The fourth-order valence-corrected chi connectivity index (χ4v) is 5.94.